The number of hydrogen-bond donors (Lipinski definition) is 0. The van der Waals surface area contributed by atoms with Gasteiger partial charge in [0.15, 0.2) is 0 Å². The van der Waals surface area contributed by atoms with Crippen molar-refractivity contribution >= 4 is 22.5 Å². The van der Waals surface area contributed by atoms with Gasteiger partial charge in [0.25, 0.3) is 11.4 Å². The number of pyridine rings is 2. The minimum atomic E-state index is -0.0595. The maximum Gasteiger partial charge on any atom is 0.270 e. The number of anilines is 1. The molecule has 2 aromatic heterocycles. The van der Waals surface area contributed by atoms with Crippen LogP contribution in [-0.4, -0.2) is 39.6 Å². The summed E-state index contributed by atoms with van der Waals surface area (Å²) in [6, 6.07) is 15.0. The molecule has 0 saturated carbocycles. The highest BCUT2D eigenvalue weighted by atomic mass is 16.1. The first-order chi connectivity index (χ1) is 15.7. The first-order valence-corrected chi connectivity index (χ1v) is 11.7. The van der Waals surface area contributed by atoms with Crippen LogP contribution in [0.1, 0.15) is 57.7 Å². The fourth-order valence-electron chi connectivity index (χ4n) is 4.96. The number of fused-ring (bicyclic) bond motifs is 1. The molecule has 6 nitrogen and oxygen atoms in total. The van der Waals surface area contributed by atoms with Gasteiger partial charge in [-0.15, -0.1) is 4.98 Å². The average molecular weight is 444 g/mol. The summed E-state index contributed by atoms with van der Waals surface area (Å²) in [7, 11) is 1.75. The molecule has 0 N–H and O–H groups in total. The van der Waals surface area contributed by atoms with Crippen molar-refractivity contribution in [2.24, 2.45) is 7.05 Å². The SMILES string of the molecule is [C-]#[N+]c1ccc2c(n1)c(N1C[C@@H](C)N(C(C)c3ccc(C(C)C)cc3)C[C@@H]1C)cc(=O)n2C. The van der Waals surface area contributed by atoms with Gasteiger partial charge in [0, 0.05) is 44.3 Å². The molecule has 3 atom stereocenters. The van der Waals surface area contributed by atoms with Crippen LogP contribution in [0.2, 0.25) is 0 Å². The molecule has 1 aromatic carbocycles. The number of rotatable bonds is 4. The molecule has 0 spiro atoms. The van der Waals surface area contributed by atoms with Gasteiger partial charge in [-0.05, 0) is 49.9 Å². The third-order valence-electron chi connectivity index (χ3n) is 7.10. The van der Waals surface area contributed by atoms with Crippen LogP contribution in [0.15, 0.2) is 47.3 Å². The molecule has 0 amide bonds. The zero-order valence-corrected chi connectivity index (χ0v) is 20.4. The summed E-state index contributed by atoms with van der Waals surface area (Å²) < 4.78 is 1.60. The van der Waals surface area contributed by atoms with Gasteiger partial charge < -0.3 is 14.3 Å². The fourth-order valence-corrected chi connectivity index (χ4v) is 4.96. The summed E-state index contributed by atoms with van der Waals surface area (Å²) in [6.07, 6.45) is 0. The van der Waals surface area contributed by atoms with Gasteiger partial charge in [-0.25, -0.2) is 0 Å². The normalized spacial score (nSPS) is 20.2. The molecule has 3 heterocycles. The number of hydrogen-bond acceptors (Lipinski definition) is 4. The van der Waals surface area contributed by atoms with Gasteiger partial charge in [0.05, 0.1) is 11.2 Å². The molecular weight excluding hydrogens is 410 g/mol. The summed E-state index contributed by atoms with van der Waals surface area (Å²) in [5.41, 5.74) is 4.93. The van der Waals surface area contributed by atoms with Gasteiger partial charge in [-0.3, -0.25) is 9.69 Å². The van der Waals surface area contributed by atoms with Crippen LogP contribution in [0.25, 0.3) is 15.9 Å². The highest BCUT2D eigenvalue weighted by Gasteiger charge is 2.34. The van der Waals surface area contributed by atoms with E-state index in [1.54, 1.807) is 23.7 Å². The highest BCUT2D eigenvalue weighted by Crippen LogP contribution is 2.33. The summed E-state index contributed by atoms with van der Waals surface area (Å²) in [5.74, 6) is 0.877. The van der Waals surface area contributed by atoms with Crippen LogP contribution < -0.4 is 10.5 Å². The Balaban J connectivity index is 1.65. The summed E-state index contributed by atoms with van der Waals surface area (Å²) in [4.78, 5) is 25.6. The smallest absolute Gasteiger partial charge is 0.270 e. The first-order valence-electron chi connectivity index (χ1n) is 11.7. The van der Waals surface area contributed by atoms with Crippen molar-refractivity contribution in [2.75, 3.05) is 18.0 Å². The van der Waals surface area contributed by atoms with Crippen molar-refractivity contribution in [3.05, 3.63) is 75.4 Å². The van der Waals surface area contributed by atoms with Crippen molar-refractivity contribution in [3.63, 3.8) is 0 Å². The van der Waals surface area contributed by atoms with Crippen molar-refractivity contribution in [2.45, 2.75) is 58.7 Å². The molecule has 3 aromatic rings. The van der Waals surface area contributed by atoms with E-state index in [4.69, 9.17) is 6.57 Å². The molecule has 0 radical (unpaired) electrons. The summed E-state index contributed by atoms with van der Waals surface area (Å²) in [5, 5.41) is 0. The fraction of sp³-hybridized carbons (Fsp3) is 0.444. The van der Waals surface area contributed by atoms with E-state index in [9.17, 15) is 4.79 Å². The largest absolute Gasteiger partial charge is 0.362 e. The number of aromatic nitrogens is 2. The van der Waals surface area contributed by atoms with Crippen molar-refractivity contribution in [1.82, 2.24) is 14.5 Å². The third-order valence-corrected chi connectivity index (χ3v) is 7.10. The molecule has 172 valence electrons. The molecule has 33 heavy (non-hydrogen) atoms. The lowest BCUT2D eigenvalue weighted by Gasteiger charge is -2.47. The predicted molar refractivity (Wildman–Crippen MR) is 135 cm³/mol. The third kappa shape index (κ3) is 4.26. The minimum absolute atomic E-state index is 0.0595. The predicted octanol–water partition coefficient (Wildman–Crippen LogP) is 5.27. The van der Waals surface area contributed by atoms with Crippen LogP contribution >= 0.6 is 0 Å². The number of nitrogens with zero attached hydrogens (tertiary/aromatic N) is 5. The number of benzene rings is 1. The second-order valence-electron chi connectivity index (χ2n) is 9.62. The zero-order chi connectivity index (χ0) is 23.9. The standard InChI is InChI=1S/C27H33N5O/c1-17(2)21-8-10-22(11-9-21)20(5)31-15-19(4)32(16-18(31)3)24-14-26(33)30(7)23-12-13-25(28-6)29-27(23)24/h8-14,17-20H,15-16H2,1-5,7H3/t18-,19+,20?/m1/s1. The van der Waals surface area contributed by atoms with E-state index >= 15 is 0 Å². The van der Waals surface area contributed by atoms with E-state index in [1.165, 1.54) is 11.1 Å². The maximum atomic E-state index is 12.7. The molecule has 1 unspecified atom stereocenters. The van der Waals surface area contributed by atoms with E-state index in [0.29, 0.717) is 23.8 Å². The maximum absolute atomic E-state index is 12.7. The van der Waals surface area contributed by atoms with Crippen LogP contribution in [0, 0.1) is 6.57 Å². The molecular formula is C27H33N5O. The van der Waals surface area contributed by atoms with E-state index in [1.807, 2.05) is 6.07 Å². The van der Waals surface area contributed by atoms with Crippen molar-refractivity contribution in [1.29, 1.82) is 0 Å². The van der Waals surface area contributed by atoms with Crippen LogP contribution in [0.5, 0.6) is 0 Å². The molecule has 1 saturated heterocycles. The van der Waals surface area contributed by atoms with Gasteiger partial charge in [0.2, 0.25) is 5.52 Å². The van der Waals surface area contributed by atoms with Crippen LogP contribution in [0.3, 0.4) is 0 Å². The molecule has 1 aliphatic heterocycles. The summed E-state index contributed by atoms with van der Waals surface area (Å²) in [6.45, 7) is 20.2. The van der Waals surface area contributed by atoms with E-state index in [0.717, 1.165) is 29.8 Å². The number of piperazine rings is 1. The molecule has 6 heteroatoms. The Labute approximate surface area is 196 Å². The Morgan fingerprint density at radius 2 is 1.67 bits per heavy atom. The first kappa shape index (κ1) is 23.0. The van der Waals surface area contributed by atoms with Crippen LogP contribution in [-0.2, 0) is 7.05 Å². The monoisotopic (exact) mass is 443 g/mol. The quantitative estimate of drug-likeness (QED) is 0.516. The second-order valence-corrected chi connectivity index (χ2v) is 9.62. The van der Waals surface area contributed by atoms with E-state index in [-0.39, 0.29) is 11.6 Å². The Morgan fingerprint density at radius 1 is 1.00 bits per heavy atom. The zero-order valence-electron chi connectivity index (χ0n) is 20.4. The molecule has 0 aliphatic carbocycles. The topological polar surface area (TPSA) is 45.7 Å². The molecule has 4 rings (SSSR count). The van der Waals surface area contributed by atoms with Crippen LogP contribution in [0.4, 0.5) is 11.5 Å². The lowest BCUT2D eigenvalue weighted by atomic mass is 9.97. The lowest BCUT2D eigenvalue weighted by Crippen LogP contribution is -2.57. The molecule has 1 fully saturated rings. The van der Waals surface area contributed by atoms with Gasteiger partial charge >= 0.3 is 0 Å². The van der Waals surface area contributed by atoms with E-state index < -0.39 is 0 Å². The van der Waals surface area contributed by atoms with Crippen molar-refractivity contribution < 1.29 is 0 Å². The Hall–Kier alpha value is -3.17. The van der Waals surface area contributed by atoms with Gasteiger partial charge in [-0.1, -0.05) is 44.7 Å². The second kappa shape index (κ2) is 8.99. The molecule has 0 bridgehead atoms. The molecule has 1 aliphatic rings. The van der Waals surface area contributed by atoms with Gasteiger partial charge in [-0.2, -0.15) is 0 Å². The number of aryl methyl sites for hydroxylation is 1. The highest BCUT2D eigenvalue weighted by molar-refractivity contribution is 5.89. The Kier molecular flexibility index (Phi) is 6.27. The lowest BCUT2D eigenvalue weighted by molar-refractivity contribution is 0.119. The Morgan fingerprint density at radius 3 is 2.30 bits per heavy atom. The minimum Gasteiger partial charge on any atom is -0.362 e. The average Bonchev–Trinajstić information content (AvgIpc) is 2.82. The summed E-state index contributed by atoms with van der Waals surface area (Å²) >= 11 is 0. The van der Waals surface area contributed by atoms with Gasteiger partial charge in [0.1, 0.15) is 0 Å². The Bertz CT molecular complexity index is 1250. The van der Waals surface area contributed by atoms with E-state index in [2.05, 4.69) is 78.5 Å². The van der Waals surface area contributed by atoms with Crippen molar-refractivity contribution in [3.8, 4) is 0 Å².